The number of hydrogen-bond acceptors (Lipinski definition) is 6. The van der Waals surface area contributed by atoms with E-state index >= 15 is 0 Å². The van der Waals surface area contributed by atoms with E-state index in [0.717, 1.165) is 16.7 Å². The number of amidine groups is 1. The number of benzene rings is 2. The zero-order valence-corrected chi connectivity index (χ0v) is 18.3. The van der Waals surface area contributed by atoms with Gasteiger partial charge >= 0.3 is 0 Å². The number of ether oxygens (including phenoxy) is 2. The maximum atomic E-state index is 12.1. The first-order valence-electron chi connectivity index (χ1n) is 9.65. The Bertz CT molecular complexity index is 977. The van der Waals surface area contributed by atoms with Crippen molar-refractivity contribution in [2.75, 3.05) is 6.61 Å². The van der Waals surface area contributed by atoms with Gasteiger partial charge < -0.3 is 14.8 Å². The third-order valence-electron chi connectivity index (χ3n) is 4.45. The van der Waals surface area contributed by atoms with E-state index in [1.165, 1.54) is 30.6 Å². The standard InChI is InChI=1S/C22H25N3O4S/c1-5-28-20-12-17(21-25(16(4)27)24-22(30-21)23-15(3)26)10-11-19(20)29-13-18-9-7-6-8-14(18)2/h6-12,21H,5,13H2,1-4H3,(H,23,24,26)/t21-/m0/s1. The largest absolute Gasteiger partial charge is 0.490 e. The summed E-state index contributed by atoms with van der Waals surface area (Å²) < 4.78 is 11.8. The average molecular weight is 428 g/mol. The van der Waals surface area contributed by atoms with Gasteiger partial charge in [-0.3, -0.25) is 9.59 Å². The Morgan fingerprint density at radius 3 is 2.57 bits per heavy atom. The summed E-state index contributed by atoms with van der Waals surface area (Å²) in [6, 6.07) is 13.6. The molecule has 30 heavy (non-hydrogen) atoms. The number of thioether (sulfide) groups is 1. The Morgan fingerprint density at radius 2 is 1.90 bits per heavy atom. The fraction of sp³-hybridized carbons (Fsp3) is 0.318. The number of amides is 2. The second kappa shape index (κ2) is 9.67. The molecule has 1 aliphatic heterocycles. The van der Waals surface area contributed by atoms with Gasteiger partial charge in [0.05, 0.1) is 6.61 Å². The van der Waals surface area contributed by atoms with Crippen LogP contribution in [-0.2, 0) is 16.2 Å². The molecule has 0 aliphatic carbocycles. The van der Waals surface area contributed by atoms with E-state index in [9.17, 15) is 9.59 Å². The third-order valence-corrected chi connectivity index (χ3v) is 5.55. The molecule has 0 fully saturated rings. The number of carbonyl (C=O) groups excluding carboxylic acids is 2. The van der Waals surface area contributed by atoms with E-state index < -0.39 is 5.37 Å². The van der Waals surface area contributed by atoms with Crippen LogP contribution in [0.5, 0.6) is 11.5 Å². The first-order chi connectivity index (χ1) is 14.4. The van der Waals surface area contributed by atoms with Crippen LogP contribution in [0.15, 0.2) is 47.6 Å². The third kappa shape index (κ3) is 5.13. The Hall–Kier alpha value is -3.00. The molecule has 0 saturated heterocycles. The number of aryl methyl sites for hydroxylation is 1. The molecule has 1 heterocycles. The van der Waals surface area contributed by atoms with Gasteiger partial charge in [-0.1, -0.05) is 42.1 Å². The quantitative estimate of drug-likeness (QED) is 0.754. The van der Waals surface area contributed by atoms with E-state index in [1.54, 1.807) is 0 Å². The summed E-state index contributed by atoms with van der Waals surface area (Å²) in [5.41, 5.74) is 3.09. The van der Waals surface area contributed by atoms with Crippen molar-refractivity contribution in [3.05, 3.63) is 59.2 Å². The fourth-order valence-corrected chi connectivity index (χ4v) is 4.10. The SMILES string of the molecule is CCOc1cc([C@@H]2SC(NC(C)=O)=NN2C(C)=O)ccc1OCc1ccccc1C. The minimum atomic E-state index is -0.394. The highest BCUT2D eigenvalue weighted by atomic mass is 32.2. The zero-order chi connectivity index (χ0) is 21.7. The number of hydrazone groups is 1. The molecule has 0 unspecified atom stereocenters. The summed E-state index contributed by atoms with van der Waals surface area (Å²) in [5.74, 6) is 0.774. The van der Waals surface area contributed by atoms with Crippen LogP contribution in [0, 0.1) is 6.92 Å². The second-order valence-corrected chi connectivity index (χ2v) is 7.84. The number of nitrogens with zero attached hydrogens (tertiary/aromatic N) is 2. The number of hydrogen-bond donors (Lipinski definition) is 1. The van der Waals surface area contributed by atoms with Gasteiger partial charge in [-0.15, -0.1) is 5.10 Å². The van der Waals surface area contributed by atoms with Gasteiger partial charge in [0.15, 0.2) is 16.7 Å². The predicted molar refractivity (Wildman–Crippen MR) is 117 cm³/mol. The lowest BCUT2D eigenvalue weighted by molar-refractivity contribution is -0.129. The first-order valence-corrected chi connectivity index (χ1v) is 10.5. The molecule has 8 heteroatoms. The van der Waals surface area contributed by atoms with Crippen LogP contribution in [0.2, 0.25) is 0 Å². The summed E-state index contributed by atoms with van der Waals surface area (Å²) in [5, 5.41) is 8.23. The smallest absolute Gasteiger partial charge is 0.241 e. The monoisotopic (exact) mass is 427 g/mol. The lowest BCUT2D eigenvalue weighted by Crippen LogP contribution is -2.25. The topological polar surface area (TPSA) is 80.2 Å². The summed E-state index contributed by atoms with van der Waals surface area (Å²) in [6.07, 6.45) is 0. The van der Waals surface area contributed by atoms with E-state index in [2.05, 4.69) is 10.4 Å². The lowest BCUT2D eigenvalue weighted by Gasteiger charge is -2.21. The van der Waals surface area contributed by atoms with Crippen LogP contribution in [0.25, 0.3) is 0 Å². The molecule has 0 bridgehead atoms. The van der Waals surface area contributed by atoms with Gasteiger partial charge in [0.2, 0.25) is 11.8 Å². The summed E-state index contributed by atoms with van der Waals surface area (Å²) in [4.78, 5) is 23.4. The predicted octanol–water partition coefficient (Wildman–Crippen LogP) is 3.97. The van der Waals surface area contributed by atoms with E-state index in [0.29, 0.717) is 29.9 Å². The lowest BCUT2D eigenvalue weighted by atomic mass is 10.1. The van der Waals surface area contributed by atoms with E-state index in [4.69, 9.17) is 9.47 Å². The number of rotatable bonds is 6. The molecule has 0 aromatic heterocycles. The van der Waals surface area contributed by atoms with Crippen molar-refractivity contribution < 1.29 is 19.1 Å². The molecule has 2 amide bonds. The van der Waals surface area contributed by atoms with Crippen LogP contribution >= 0.6 is 11.8 Å². The maximum absolute atomic E-state index is 12.1. The van der Waals surface area contributed by atoms with Crippen LogP contribution < -0.4 is 14.8 Å². The zero-order valence-electron chi connectivity index (χ0n) is 17.5. The highest BCUT2D eigenvalue weighted by molar-refractivity contribution is 8.14. The van der Waals surface area contributed by atoms with Gasteiger partial charge in [0.25, 0.3) is 0 Å². The molecule has 2 aromatic carbocycles. The van der Waals surface area contributed by atoms with Crippen molar-refractivity contribution in [2.45, 2.75) is 39.7 Å². The molecule has 158 valence electrons. The maximum Gasteiger partial charge on any atom is 0.241 e. The fourth-order valence-electron chi connectivity index (χ4n) is 2.97. The van der Waals surface area contributed by atoms with Crippen molar-refractivity contribution >= 4 is 28.7 Å². The molecule has 1 aliphatic rings. The van der Waals surface area contributed by atoms with Crippen molar-refractivity contribution in [1.29, 1.82) is 0 Å². The van der Waals surface area contributed by atoms with Gasteiger partial charge in [-0.2, -0.15) is 0 Å². The van der Waals surface area contributed by atoms with Crippen LogP contribution in [0.4, 0.5) is 0 Å². The molecule has 1 atom stereocenters. The van der Waals surface area contributed by atoms with Crippen molar-refractivity contribution in [3.8, 4) is 11.5 Å². The second-order valence-electron chi connectivity index (χ2n) is 6.77. The molecule has 3 rings (SSSR count). The normalized spacial score (nSPS) is 15.5. The van der Waals surface area contributed by atoms with Gasteiger partial charge in [-0.05, 0) is 42.7 Å². The van der Waals surface area contributed by atoms with Gasteiger partial charge in [0.1, 0.15) is 12.0 Å². The Kier molecular flexibility index (Phi) is 6.99. The molecule has 0 radical (unpaired) electrons. The van der Waals surface area contributed by atoms with Gasteiger partial charge in [0, 0.05) is 13.8 Å². The number of nitrogens with one attached hydrogen (secondary N) is 1. The first kappa shape index (κ1) is 21.7. The summed E-state index contributed by atoms with van der Waals surface area (Å²) in [6.45, 7) is 7.71. The molecular weight excluding hydrogens is 402 g/mol. The Balaban J connectivity index is 1.82. The highest BCUT2D eigenvalue weighted by Crippen LogP contribution is 2.41. The van der Waals surface area contributed by atoms with Crippen molar-refractivity contribution in [2.24, 2.45) is 5.10 Å². The Labute approximate surface area is 180 Å². The van der Waals surface area contributed by atoms with Crippen LogP contribution in [-0.4, -0.2) is 28.6 Å². The summed E-state index contributed by atoms with van der Waals surface area (Å²) in [7, 11) is 0. The minimum Gasteiger partial charge on any atom is -0.490 e. The Morgan fingerprint density at radius 1 is 1.13 bits per heavy atom. The van der Waals surface area contributed by atoms with Crippen molar-refractivity contribution in [3.63, 3.8) is 0 Å². The molecule has 0 spiro atoms. The molecule has 2 aromatic rings. The van der Waals surface area contributed by atoms with Crippen LogP contribution in [0.1, 0.15) is 42.8 Å². The molecule has 7 nitrogen and oxygen atoms in total. The van der Waals surface area contributed by atoms with Crippen molar-refractivity contribution in [1.82, 2.24) is 10.3 Å². The molecule has 1 N–H and O–H groups in total. The summed E-state index contributed by atoms with van der Waals surface area (Å²) >= 11 is 1.30. The number of carbonyl (C=O) groups is 2. The molecule has 0 saturated carbocycles. The van der Waals surface area contributed by atoms with Gasteiger partial charge in [-0.25, -0.2) is 5.01 Å². The molecular formula is C22H25N3O4S. The average Bonchev–Trinajstić information content (AvgIpc) is 3.12. The van der Waals surface area contributed by atoms with E-state index in [-0.39, 0.29) is 11.8 Å². The van der Waals surface area contributed by atoms with Crippen LogP contribution in [0.3, 0.4) is 0 Å². The highest BCUT2D eigenvalue weighted by Gasteiger charge is 2.33. The minimum absolute atomic E-state index is 0.217. The van der Waals surface area contributed by atoms with E-state index in [1.807, 2.05) is 56.3 Å².